The summed E-state index contributed by atoms with van der Waals surface area (Å²) in [6.45, 7) is 0. The van der Waals surface area contributed by atoms with Gasteiger partial charge in [-0.05, 0) is 0 Å². The van der Waals surface area contributed by atoms with Gasteiger partial charge in [0.05, 0.1) is 0 Å². The number of hydrogen-bond donors (Lipinski definition) is 0. The van der Waals surface area contributed by atoms with Crippen molar-refractivity contribution in [3.8, 4) is 0 Å². The molecule has 0 N–H and O–H groups in total. The minimum atomic E-state index is -0.194. The van der Waals surface area contributed by atoms with Crippen molar-refractivity contribution in [2.24, 2.45) is 0 Å². The molecular weight excluding hydrogens is 610 g/mol. The summed E-state index contributed by atoms with van der Waals surface area (Å²) in [7, 11) is -0.194. The first-order valence-corrected chi connectivity index (χ1v) is 23.4. The van der Waals surface area contributed by atoms with Crippen LogP contribution in [0.15, 0.2) is 85.0 Å². The summed E-state index contributed by atoms with van der Waals surface area (Å²) in [6, 6.07) is 20.8. The first-order valence-electron chi connectivity index (χ1n) is 8.83. The molecule has 2 aliphatic rings. The maximum Gasteiger partial charge on any atom is -1.00 e. The molecule has 28 heavy (non-hydrogen) atoms. The third-order valence-electron chi connectivity index (χ3n) is 3.61. The average molecular weight is 634 g/mol. The van der Waals surface area contributed by atoms with Gasteiger partial charge in [0, 0.05) is 0 Å². The van der Waals surface area contributed by atoms with Gasteiger partial charge >= 0.3 is 42.8 Å². The molecule has 0 aliphatic heterocycles. The van der Waals surface area contributed by atoms with E-state index in [2.05, 4.69) is 96.5 Å². The second kappa shape index (κ2) is 16.2. The molecule has 4 heteroatoms. The van der Waals surface area contributed by atoms with Crippen molar-refractivity contribution in [3.63, 3.8) is 0 Å². The fourth-order valence-corrected chi connectivity index (χ4v) is 2.46. The zero-order valence-corrected chi connectivity index (χ0v) is 23.5. The van der Waals surface area contributed by atoms with Gasteiger partial charge in [-0.3, -0.25) is 12.2 Å². The summed E-state index contributed by atoms with van der Waals surface area (Å²) < 4.78 is 0. The minimum absolute atomic E-state index is 0. The van der Waals surface area contributed by atoms with Crippen molar-refractivity contribution >= 4 is 21.2 Å². The molecule has 2 aromatic rings. The predicted octanol–water partition coefficient (Wildman–Crippen LogP) is 0.458. The van der Waals surface area contributed by atoms with Crippen molar-refractivity contribution in [3.05, 3.63) is 108 Å². The van der Waals surface area contributed by atoms with Crippen LogP contribution in [0.25, 0.3) is 11.1 Å². The first-order chi connectivity index (χ1) is 12.7. The van der Waals surface area contributed by atoms with E-state index >= 15 is 0 Å². The Hall–Kier alpha value is -0.607. The van der Waals surface area contributed by atoms with Gasteiger partial charge in [0.2, 0.25) is 0 Å². The summed E-state index contributed by atoms with van der Waals surface area (Å²) in [5.74, 6) is 4.79. The van der Waals surface area contributed by atoms with Crippen LogP contribution in [-0.4, -0.2) is 10.1 Å². The average Bonchev–Trinajstić information content (AvgIpc) is 3.37. The van der Waals surface area contributed by atoms with Crippen molar-refractivity contribution < 1.29 is 46.1 Å². The van der Waals surface area contributed by atoms with Crippen molar-refractivity contribution in [2.45, 2.75) is 24.4 Å². The van der Waals surface area contributed by atoms with E-state index in [4.69, 9.17) is 0 Å². The fraction of sp³-hybridized carbons (Fsp3) is 0.167. The molecule has 0 saturated heterocycles. The monoisotopic (exact) mass is 636 g/mol. The van der Waals surface area contributed by atoms with Crippen LogP contribution in [0.2, 0.25) is 11.5 Å². The standard InChI is InChI=1S/2C11H9.C2H6Ge.2ClH.Hf/c2*1-2-6-10(7-3-1)11-8-4-5-9-11;1-3-2;;;/h2*1-3,6-9H,4H2;1-2H3;2*1H;/q2*-1;;;;+2/p-2. The Morgan fingerprint density at radius 3 is 1.25 bits per heavy atom. The molecule has 0 unspecified atom stereocenters. The summed E-state index contributed by atoms with van der Waals surface area (Å²) in [5.41, 5.74) is 5.17. The normalized spacial score (nSPS) is 12.9. The van der Waals surface area contributed by atoms with Gasteiger partial charge in [-0.15, -0.1) is 24.0 Å². The number of halogens is 2. The fourth-order valence-electron chi connectivity index (χ4n) is 2.46. The molecule has 0 aromatic heterocycles. The second-order valence-corrected chi connectivity index (χ2v) is 29.0. The predicted molar refractivity (Wildman–Crippen MR) is 111 cm³/mol. The molecule has 4 rings (SSSR count). The molecular formula is C24H24Cl2GeHf-2. The van der Waals surface area contributed by atoms with Crippen LogP contribution in [0.1, 0.15) is 24.0 Å². The Morgan fingerprint density at radius 2 is 1.00 bits per heavy atom. The van der Waals surface area contributed by atoms with E-state index in [1.54, 1.807) is 0 Å². The van der Waals surface area contributed by atoms with E-state index in [1.807, 2.05) is 12.1 Å². The number of hydrogen-bond acceptors (Lipinski definition) is 0. The van der Waals surface area contributed by atoms with Crippen LogP contribution in [0.3, 0.4) is 0 Å². The van der Waals surface area contributed by atoms with Gasteiger partial charge in [-0.2, -0.15) is 23.3 Å². The van der Waals surface area contributed by atoms with E-state index in [0.29, 0.717) is 0 Å². The Bertz CT molecular complexity index is 753. The molecule has 0 bridgehead atoms. The number of allylic oxidation sites excluding steroid dienone is 8. The van der Waals surface area contributed by atoms with E-state index < -0.39 is 0 Å². The Labute approximate surface area is 198 Å². The second-order valence-electron chi connectivity index (χ2n) is 6.16. The molecule has 0 atom stereocenters. The minimum Gasteiger partial charge on any atom is -1.00 e. The third-order valence-corrected chi connectivity index (χ3v) is 3.61. The van der Waals surface area contributed by atoms with Crippen LogP contribution in [-0.2, 0) is 21.3 Å². The smallest absolute Gasteiger partial charge is 1.00 e. The van der Waals surface area contributed by atoms with Gasteiger partial charge < -0.3 is 24.8 Å². The molecule has 0 heterocycles. The van der Waals surface area contributed by atoms with Gasteiger partial charge in [0.15, 0.2) is 0 Å². The van der Waals surface area contributed by atoms with Gasteiger partial charge in [-0.1, -0.05) is 60.7 Å². The maximum atomic E-state index is 3.15. The molecule has 0 fully saturated rings. The van der Waals surface area contributed by atoms with Crippen molar-refractivity contribution in [1.82, 2.24) is 0 Å². The van der Waals surface area contributed by atoms with E-state index in [0.717, 1.165) is 12.8 Å². The van der Waals surface area contributed by atoms with Crippen molar-refractivity contribution in [2.75, 3.05) is 0 Å². The van der Waals surface area contributed by atoms with Crippen LogP contribution in [0, 0.1) is 12.2 Å². The third kappa shape index (κ3) is 10.8. The quantitative estimate of drug-likeness (QED) is 0.333. The molecule has 2 aromatic carbocycles. The topological polar surface area (TPSA) is 0 Å². The number of benzene rings is 2. The Morgan fingerprint density at radius 1 is 0.679 bits per heavy atom. The van der Waals surface area contributed by atoms with E-state index in [-0.39, 0.29) is 34.9 Å². The molecule has 0 spiro atoms. The van der Waals surface area contributed by atoms with Crippen molar-refractivity contribution in [1.29, 1.82) is 0 Å². The van der Waals surface area contributed by atoms with E-state index in [1.165, 1.54) is 43.6 Å². The maximum absolute atomic E-state index is 3.15. The number of rotatable bonds is 2. The molecule has 0 saturated carbocycles. The van der Waals surface area contributed by atoms with Crippen LogP contribution < -0.4 is 24.8 Å². The zero-order valence-electron chi connectivity index (χ0n) is 16.3. The molecule has 144 valence electrons. The first kappa shape index (κ1) is 27.4. The summed E-state index contributed by atoms with van der Waals surface area (Å²) >= 11 is 1.52. The summed E-state index contributed by atoms with van der Waals surface area (Å²) in [6.07, 6.45) is 16.7. The largest absolute Gasteiger partial charge is 1.00 e. The molecule has 2 aliphatic carbocycles. The molecule has 0 amide bonds. The SMILES string of the molecule is [C-]1=CC(c2ccccc2)=CC1.[C-]1=CC(c2ccccc2)=CC1.[CH3][Ge]([CH3])=[Hf+2].[Cl-].[Cl-]. The Kier molecular flexibility index (Phi) is 15.9. The van der Waals surface area contributed by atoms with Crippen LogP contribution >= 0.6 is 0 Å². The van der Waals surface area contributed by atoms with Gasteiger partial charge in [-0.25, -0.2) is 12.2 Å². The van der Waals surface area contributed by atoms with Crippen LogP contribution in [0.4, 0.5) is 0 Å². The summed E-state index contributed by atoms with van der Waals surface area (Å²) in [5, 5.41) is 0. The van der Waals surface area contributed by atoms with Crippen LogP contribution in [0.5, 0.6) is 0 Å². The zero-order chi connectivity index (χ0) is 18.6. The van der Waals surface area contributed by atoms with Gasteiger partial charge in [0.25, 0.3) is 0 Å². The molecule has 0 radical (unpaired) electrons. The van der Waals surface area contributed by atoms with Gasteiger partial charge in [0.1, 0.15) is 0 Å². The Balaban J connectivity index is 0.000000415. The summed E-state index contributed by atoms with van der Waals surface area (Å²) in [4.78, 5) is 0. The van der Waals surface area contributed by atoms with E-state index in [9.17, 15) is 0 Å². The molecule has 0 nitrogen and oxygen atoms in total.